The molecule has 2 rings (SSSR count). The van der Waals surface area contributed by atoms with E-state index in [-0.39, 0.29) is 11.1 Å². The van der Waals surface area contributed by atoms with Crippen LogP contribution in [0.5, 0.6) is 0 Å². The summed E-state index contributed by atoms with van der Waals surface area (Å²) >= 11 is 5.75. The second kappa shape index (κ2) is 5.56. The number of hydrogen-bond acceptors (Lipinski definition) is 4. The third-order valence-corrected chi connectivity index (χ3v) is 3.34. The molecule has 1 heterocycles. The summed E-state index contributed by atoms with van der Waals surface area (Å²) in [7, 11) is 1.73. The molecule has 1 atom stereocenters. The van der Waals surface area contributed by atoms with Gasteiger partial charge in [-0.15, -0.1) is 0 Å². The summed E-state index contributed by atoms with van der Waals surface area (Å²) in [6.07, 6.45) is 1.95. The Morgan fingerprint density at radius 2 is 2.26 bits per heavy atom. The van der Waals surface area contributed by atoms with Gasteiger partial charge in [0.05, 0.1) is 17.3 Å². The van der Waals surface area contributed by atoms with Crippen LogP contribution in [0.25, 0.3) is 0 Å². The first kappa shape index (κ1) is 13.8. The zero-order valence-corrected chi connectivity index (χ0v) is 11.2. The molecule has 0 spiro atoms. The van der Waals surface area contributed by atoms with Crippen LogP contribution in [0.2, 0.25) is 5.02 Å². The molecule has 19 heavy (non-hydrogen) atoms. The van der Waals surface area contributed by atoms with Crippen molar-refractivity contribution in [1.29, 1.82) is 0 Å². The summed E-state index contributed by atoms with van der Waals surface area (Å²) in [6, 6.07) is 4.53. The maximum Gasteiger partial charge on any atom is 0.145 e. The third-order valence-electron chi connectivity index (χ3n) is 3.05. The molecule has 0 aliphatic heterocycles. The SMILES string of the molecule is Cn1ncc(C(Cc2cccc(Cl)c2F)NN)c1N. The maximum atomic E-state index is 13.9. The number of nitrogen functional groups attached to an aromatic ring is 1. The van der Waals surface area contributed by atoms with Gasteiger partial charge in [0.25, 0.3) is 0 Å². The summed E-state index contributed by atoms with van der Waals surface area (Å²) in [6.45, 7) is 0. The lowest BCUT2D eigenvalue weighted by Crippen LogP contribution is -2.30. The second-order valence-corrected chi connectivity index (χ2v) is 4.65. The van der Waals surface area contributed by atoms with Crippen LogP contribution in [-0.4, -0.2) is 9.78 Å². The van der Waals surface area contributed by atoms with Gasteiger partial charge in [0.2, 0.25) is 0 Å². The zero-order chi connectivity index (χ0) is 14.0. The molecule has 0 bridgehead atoms. The fraction of sp³-hybridized carbons (Fsp3) is 0.250. The molecule has 102 valence electrons. The number of benzene rings is 1. The quantitative estimate of drug-likeness (QED) is 0.587. The van der Waals surface area contributed by atoms with Gasteiger partial charge >= 0.3 is 0 Å². The third kappa shape index (κ3) is 2.70. The fourth-order valence-corrected chi connectivity index (χ4v) is 2.11. The molecule has 7 heteroatoms. The van der Waals surface area contributed by atoms with Crippen LogP contribution in [-0.2, 0) is 13.5 Å². The lowest BCUT2D eigenvalue weighted by atomic mass is 10.0. The molecule has 2 aromatic rings. The van der Waals surface area contributed by atoms with Gasteiger partial charge in [0, 0.05) is 12.6 Å². The standard InChI is InChI=1S/C12H15ClFN5/c1-19-12(15)8(6-17-19)10(18-16)5-7-3-2-4-9(13)11(7)14/h2-4,6,10,18H,5,15-16H2,1H3. The van der Waals surface area contributed by atoms with Crippen molar-refractivity contribution >= 4 is 17.4 Å². The minimum atomic E-state index is -0.438. The molecule has 1 unspecified atom stereocenters. The first-order valence-electron chi connectivity index (χ1n) is 5.71. The number of halogens is 2. The summed E-state index contributed by atoms with van der Waals surface area (Å²) in [5.41, 5.74) is 9.71. The number of hydrogen-bond donors (Lipinski definition) is 3. The minimum Gasteiger partial charge on any atom is -0.384 e. The predicted molar refractivity (Wildman–Crippen MR) is 72.8 cm³/mol. The second-order valence-electron chi connectivity index (χ2n) is 4.25. The van der Waals surface area contributed by atoms with Crippen LogP contribution < -0.4 is 17.0 Å². The number of hydrazine groups is 1. The Kier molecular flexibility index (Phi) is 4.04. The van der Waals surface area contributed by atoms with Crippen LogP contribution in [0.1, 0.15) is 17.2 Å². The van der Waals surface area contributed by atoms with Crippen molar-refractivity contribution in [3.05, 3.63) is 46.4 Å². The average Bonchev–Trinajstić information content (AvgIpc) is 2.72. The number of aryl methyl sites for hydroxylation is 1. The Labute approximate surface area is 115 Å². The van der Waals surface area contributed by atoms with Crippen molar-refractivity contribution in [2.24, 2.45) is 12.9 Å². The van der Waals surface area contributed by atoms with Crippen LogP contribution in [0.3, 0.4) is 0 Å². The maximum absolute atomic E-state index is 13.9. The molecule has 0 radical (unpaired) electrons. The molecule has 0 amide bonds. The highest BCUT2D eigenvalue weighted by atomic mass is 35.5. The zero-order valence-electron chi connectivity index (χ0n) is 10.4. The smallest absolute Gasteiger partial charge is 0.145 e. The van der Waals surface area contributed by atoms with Gasteiger partial charge in [0.1, 0.15) is 11.6 Å². The number of nitrogens with zero attached hydrogens (tertiary/aromatic N) is 2. The summed E-state index contributed by atoms with van der Waals surface area (Å²) < 4.78 is 15.4. The Hall–Kier alpha value is -1.63. The van der Waals surface area contributed by atoms with Crippen molar-refractivity contribution in [1.82, 2.24) is 15.2 Å². The highest BCUT2D eigenvalue weighted by Crippen LogP contribution is 2.26. The molecule has 1 aromatic carbocycles. The minimum absolute atomic E-state index is 0.0902. The Morgan fingerprint density at radius 3 is 2.84 bits per heavy atom. The van der Waals surface area contributed by atoms with Gasteiger partial charge in [-0.3, -0.25) is 16.0 Å². The molecular weight excluding hydrogens is 269 g/mol. The van der Waals surface area contributed by atoms with E-state index in [0.29, 0.717) is 17.8 Å². The highest BCUT2D eigenvalue weighted by molar-refractivity contribution is 6.30. The molecule has 0 saturated carbocycles. The molecule has 0 aliphatic rings. The van der Waals surface area contributed by atoms with Crippen molar-refractivity contribution in [2.75, 3.05) is 5.73 Å². The number of nitrogens with one attached hydrogen (secondary N) is 1. The van der Waals surface area contributed by atoms with Gasteiger partial charge in [-0.05, 0) is 18.1 Å². The molecular formula is C12H15ClFN5. The van der Waals surface area contributed by atoms with E-state index in [9.17, 15) is 4.39 Å². The monoisotopic (exact) mass is 283 g/mol. The van der Waals surface area contributed by atoms with E-state index in [2.05, 4.69) is 10.5 Å². The van der Waals surface area contributed by atoms with Crippen molar-refractivity contribution in [3.63, 3.8) is 0 Å². The topological polar surface area (TPSA) is 81.9 Å². The lowest BCUT2D eigenvalue weighted by Gasteiger charge is -2.16. The van der Waals surface area contributed by atoms with E-state index in [1.54, 1.807) is 25.4 Å². The van der Waals surface area contributed by atoms with E-state index >= 15 is 0 Å². The van der Waals surface area contributed by atoms with Gasteiger partial charge in [-0.2, -0.15) is 5.10 Å². The van der Waals surface area contributed by atoms with Gasteiger partial charge in [0.15, 0.2) is 0 Å². The number of anilines is 1. The Balaban J connectivity index is 2.29. The molecule has 0 fully saturated rings. The molecule has 5 nitrogen and oxygen atoms in total. The van der Waals surface area contributed by atoms with Crippen molar-refractivity contribution in [3.8, 4) is 0 Å². The fourth-order valence-electron chi connectivity index (χ4n) is 1.92. The molecule has 5 N–H and O–H groups in total. The van der Waals surface area contributed by atoms with E-state index in [4.69, 9.17) is 23.2 Å². The first-order chi connectivity index (χ1) is 9.04. The predicted octanol–water partition coefficient (Wildman–Crippen LogP) is 1.54. The molecule has 1 aromatic heterocycles. The van der Waals surface area contributed by atoms with E-state index < -0.39 is 5.82 Å². The number of nitrogens with two attached hydrogens (primary N) is 2. The normalized spacial score (nSPS) is 12.6. The summed E-state index contributed by atoms with van der Waals surface area (Å²) in [5, 5.41) is 4.13. The Bertz CT molecular complexity index is 583. The summed E-state index contributed by atoms with van der Waals surface area (Å²) in [4.78, 5) is 0. The van der Waals surface area contributed by atoms with Crippen LogP contribution in [0.4, 0.5) is 10.2 Å². The van der Waals surface area contributed by atoms with Crippen LogP contribution >= 0.6 is 11.6 Å². The largest absolute Gasteiger partial charge is 0.384 e. The average molecular weight is 284 g/mol. The lowest BCUT2D eigenvalue weighted by molar-refractivity contribution is 0.530. The van der Waals surface area contributed by atoms with Crippen molar-refractivity contribution < 1.29 is 4.39 Å². The van der Waals surface area contributed by atoms with Crippen molar-refractivity contribution in [2.45, 2.75) is 12.5 Å². The van der Waals surface area contributed by atoms with E-state index in [0.717, 1.165) is 5.56 Å². The number of aromatic nitrogens is 2. The van der Waals surface area contributed by atoms with Crippen LogP contribution in [0, 0.1) is 5.82 Å². The summed E-state index contributed by atoms with van der Waals surface area (Å²) in [5.74, 6) is 5.57. The first-order valence-corrected chi connectivity index (χ1v) is 6.08. The highest BCUT2D eigenvalue weighted by Gasteiger charge is 2.19. The van der Waals surface area contributed by atoms with Gasteiger partial charge < -0.3 is 5.73 Å². The van der Waals surface area contributed by atoms with E-state index in [1.807, 2.05) is 0 Å². The van der Waals surface area contributed by atoms with Gasteiger partial charge in [-0.1, -0.05) is 23.7 Å². The molecule has 0 aliphatic carbocycles. The van der Waals surface area contributed by atoms with Gasteiger partial charge in [-0.25, -0.2) is 4.39 Å². The molecule has 0 saturated heterocycles. The van der Waals surface area contributed by atoms with Crippen LogP contribution in [0.15, 0.2) is 24.4 Å². The van der Waals surface area contributed by atoms with E-state index in [1.165, 1.54) is 10.7 Å². The number of rotatable bonds is 4. The Morgan fingerprint density at radius 1 is 1.53 bits per heavy atom.